The van der Waals surface area contributed by atoms with Crippen LogP contribution >= 0.6 is 0 Å². The van der Waals surface area contributed by atoms with Gasteiger partial charge in [-0.1, -0.05) is 26.7 Å². The van der Waals surface area contributed by atoms with Gasteiger partial charge in [0.05, 0.1) is 31.2 Å². The van der Waals surface area contributed by atoms with Gasteiger partial charge in [-0.15, -0.1) is 0 Å². The minimum atomic E-state index is -0.895. The highest BCUT2D eigenvalue weighted by Crippen LogP contribution is 2.38. The Bertz CT molecular complexity index is 908. The number of aromatic amines is 1. The van der Waals surface area contributed by atoms with Crippen molar-refractivity contribution >= 4 is 16.9 Å². The number of hydrogen-bond acceptors (Lipinski definition) is 6. The third kappa shape index (κ3) is 3.38. The minimum absolute atomic E-state index is 0.684. The zero-order valence-corrected chi connectivity index (χ0v) is 16.6. The smallest absolute Gasteiger partial charge is 0.167 e. The molecule has 4 heterocycles. The third-order valence-corrected chi connectivity index (χ3v) is 5.41. The molecule has 0 aromatic carbocycles. The molecule has 0 aliphatic carbocycles. The fraction of sp³-hybridized carbons (Fsp3) is 0.550. The molecule has 1 saturated heterocycles. The quantitative estimate of drug-likeness (QED) is 0.651. The highest BCUT2D eigenvalue weighted by molar-refractivity contribution is 5.83. The van der Waals surface area contributed by atoms with Gasteiger partial charge >= 0.3 is 0 Å². The number of nitrogens with one attached hydrogen (secondary N) is 1. The topological polar surface area (TPSA) is 92.1 Å². The monoisotopic (exact) mass is 384 g/mol. The molecule has 3 aromatic heterocycles. The van der Waals surface area contributed by atoms with Crippen LogP contribution in [0.25, 0.3) is 16.9 Å². The van der Waals surface area contributed by atoms with E-state index in [9.17, 15) is 5.11 Å². The van der Waals surface area contributed by atoms with E-state index >= 15 is 0 Å². The Hall–Kier alpha value is -2.45. The normalized spacial score (nSPS) is 15.5. The van der Waals surface area contributed by atoms with Crippen molar-refractivity contribution in [2.45, 2.75) is 45.1 Å². The zero-order chi connectivity index (χ0) is 19.6. The predicted octanol–water partition coefficient (Wildman–Crippen LogP) is 2.77. The molecule has 1 fully saturated rings. The van der Waals surface area contributed by atoms with Crippen molar-refractivity contribution in [3.63, 3.8) is 0 Å². The second-order valence-electron chi connectivity index (χ2n) is 7.39. The van der Waals surface area contributed by atoms with E-state index in [0.717, 1.165) is 54.2 Å². The van der Waals surface area contributed by atoms with Gasteiger partial charge < -0.3 is 14.7 Å². The van der Waals surface area contributed by atoms with Gasteiger partial charge in [0.2, 0.25) is 0 Å². The minimum Gasteiger partial charge on any atom is -0.385 e. The lowest BCUT2D eigenvalue weighted by molar-refractivity contribution is 0.0184. The number of morpholine rings is 1. The average Bonchev–Trinajstić information content (AvgIpc) is 3.37. The summed E-state index contributed by atoms with van der Waals surface area (Å²) in [6.45, 7) is 7.16. The standard InChI is InChI=1S/C20H28N6O2/c1-3-6-20(27,7-4-2)16-13-18(25-9-11-28-12-10-25)23-19-15(16)14-22-26(19)17-5-8-21-24-17/h5,8,13-14,27H,3-4,6-7,9-12H2,1-2H3,(H,21,24). The lowest BCUT2D eigenvalue weighted by atomic mass is 9.84. The van der Waals surface area contributed by atoms with Gasteiger partial charge in [-0.25, -0.2) is 4.98 Å². The fourth-order valence-corrected chi connectivity index (χ4v) is 4.09. The summed E-state index contributed by atoms with van der Waals surface area (Å²) < 4.78 is 7.26. The number of H-pyrrole nitrogens is 1. The third-order valence-electron chi connectivity index (χ3n) is 5.41. The summed E-state index contributed by atoms with van der Waals surface area (Å²) in [5, 5.41) is 24.0. The maximum absolute atomic E-state index is 11.6. The molecule has 1 aliphatic heterocycles. The summed E-state index contributed by atoms with van der Waals surface area (Å²) in [7, 11) is 0. The molecule has 0 saturated carbocycles. The van der Waals surface area contributed by atoms with Crippen LogP contribution in [0.5, 0.6) is 0 Å². The van der Waals surface area contributed by atoms with Crippen LogP contribution in [0.2, 0.25) is 0 Å². The number of hydrogen-bond donors (Lipinski definition) is 2. The predicted molar refractivity (Wildman–Crippen MR) is 108 cm³/mol. The lowest BCUT2D eigenvalue weighted by Crippen LogP contribution is -2.37. The first kappa shape index (κ1) is 18.9. The van der Waals surface area contributed by atoms with Gasteiger partial charge in [-0.3, -0.25) is 5.10 Å². The molecule has 0 unspecified atom stereocenters. The maximum atomic E-state index is 11.6. The van der Waals surface area contributed by atoms with Gasteiger partial charge in [-0.05, 0) is 24.5 Å². The van der Waals surface area contributed by atoms with Gasteiger partial charge in [0.15, 0.2) is 11.5 Å². The maximum Gasteiger partial charge on any atom is 0.167 e. The van der Waals surface area contributed by atoms with Crippen molar-refractivity contribution in [2.75, 3.05) is 31.2 Å². The van der Waals surface area contributed by atoms with E-state index in [1.165, 1.54) is 0 Å². The van der Waals surface area contributed by atoms with Gasteiger partial charge in [0.25, 0.3) is 0 Å². The van der Waals surface area contributed by atoms with Crippen LogP contribution in [0, 0.1) is 0 Å². The van der Waals surface area contributed by atoms with Crippen molar-refractivity contribution in [3.05, 3.63) is 30.1 Å². The van der Waals surface area contributed by atoms with E-state index in [2.05, 4.69) is 40.1 Å². The SMILES string of the molecule is CCCC(O)(CCC)c1cc(N2CCOCC2)nc2c1cnn2-c1ccn[nH]1. The summed E-state index contributed by atoms with van der Waals surface area (Å²) in [5.74, 6) is 1.61. The van der Waals surface area contributed by atoms with E-state index in [1.54, 1.807) is 17.1 Å². The average molecular weight is 384 g/mol. The van der Waals surface area contributed by atoms with Gasteiger partial charge in [0, 0.05) is 24.5 Å². The Labute approximate surface area is 164 Å². The van der Waals surface area contributed by atoms with Crippen LogP contribution in [0.4, 0.5) is 5.82 Å². The molecule has 3 aromatic rings. The Balaban J connectivity index is 1.91. The Morgan fingerprint density at radius 1 is 1.21 bits per heavy atom. The van der Waals surface area contributed by atoms with Crippen LogP contribution in [-0.4, -0.2) is 56.4 Å². The number of aliphatic hydroxyl groups is 1. The van der Waals surface area contributed by atoms with Crippen LogP contribution < -0.4 is 4.90 Å². The Kier molecular flexibility index (Phi) is 5.32. The molecular formula is C20H28N6O2. The zero-order valence-electron chi connectivity index (χ0n) is 16.6. The van der Waals surface area contributed by atoms with Gasteiger partial charge in [-0.2, -0.15) is 14.9 Å². The highest BCUT2D eigenvalue weighted by atomic mass is 16.5. The van der Waals surface area contributed by atoms with E-state index in [0.29, 0.717) is 26.1 Å². The first-order valence-electron chi connectivity index (χ1n) is 10.1. The molecule has 8 nitrogen and oxygen atoms in total. The summed E-state index contributed by atoms with van der Waals surface area (Å²) in [5.41, 5.74) is 0.746. The van der Waals surface area contributed by atoms with Crippen LogP contribution in [0.1, 0.15) is 45.1 Å². The molecule has 28 heavy (non-hydrogen) atoms. The summed E-state index contributed by atoms with van der Waals surface area (Å²) >= 11 is 0. The van der Waals surface area contributed by atoms with Gasteiger partial charge in [0.1, 0.15) is 5.82 Å². The Morgan fingerprint density at radius 2 is 1.96 bits per heavy atom. The number of rotatable bonds is 7. The molecule has 0 bridgehead atoms. The summed E-state index contributed by atoms with van der Waals surface area (Å²) in [6.07, 6.45) is 6.72. The number of nitrogens with zero attached hydrogens (tertiary/aromatic N) is 5. The molecule has 150 valence electrons. The van der Waals surface area contributed by atoms with Crippen molar-refractivity contribution in [1.29, 1.82) is 0 Å². The van der Waals surface area contributed by atoms with Crippen molar-refractivity contribution in [2.24, 2.45) is 0 Å². The number of aromatic nitrogens is 5. The van der Waals surface area contributed by atoms with Crippen LogP contribution in [0.3, 0.4) is 0 Å². The van der Waals surface area contributed by atoms with Crippen molar-refractivity contribution in [1.82, 2.24) is 25.0 Å². The molecule has 8 heteroatoms. The van der Waals surface area contributed by atoms with E-state index in [1.807, 2.05) is 6.07 Å². The van der Waals surface area contributed by atoms with E-state index in [4.69, 9.17) is 9.72 Å². The Morgan fingerprint density at radius 3 is 2.61 bits per heavy atom. The molecule has 0 radical (unpaired) electrons. The second kappa shape index (κ2) is 7.89. The number of pyridine rings is 1. The molecule has 0 amide bonds. The molecule has 1 aliphatic rings. The first-order chi connectivity index (χ1) is 13.7. The van der Waals surface area contributed by atoms with E-state index in [-0.39, 0.29) is 0 Å². The largest absolute Gasteiger partial charge is 0.385 e. The number of ether oxygens (including phenoxy) is 1. The highest BCUT2D eigenvalue weighted by Gasteiger charge is 2.32. The lowest BCUT2D eigenvalue weighted by Gasteiger charge is -2.32. The molecular weight excluding hydrogens is 356 g/mol. The summed E-state index contributed by atoms with van der Waals surface area (Å²) in [4.78, 5) is 7.14. The van der Waals surface area contributed by atoms with Crippen LogP contribution in [0.15, 0.2) is 24.5 Å². The molecule has 4 rings (SSSR count). The fourth-order valence-electron chi connectivity index (χ4n) is 4.09. The number of anilines is 1. The molecule has 0 spiro atoms. The van der Waals surface area contributed by atoms with Crippen molar-refractivity contribution in [3.8, 4) is 5.82 Å². The molecule has 2 N–H and O–H groups in total. The summed E-state index contributed by atoms with van der Waals surface area (Å²) in [6, 6.07) is 3.91. The second-order valence-corrected chi connectivity index (χ2v) is 7.39. The molecule has 0 atom stereocenters. The van der Waals surface area contributed by atoms with Crippen molar-refractivity contribution < 1.29 is 9.84 Å². The first-order valence-corrected chi connectivity index (χ1v) is 10.1. The van der Waals surface area contributed by atoms with E-state index < -0.39 is 5.60 Å². The van der Waals surface area contributed by atoms with Crippen LogP contribution in [-0.2, 0) is 10.3 Å². The number of fused-ring (bicyclic) bond motifs is 1.